The summed E-state index contributed by atoms with van der Waals surface area (Å²) in [7, 11) is 0. The van der Waals surface area contributed by atoms with E-state index >= 15 is 0 Å². The Bertz CT molecular complexity index is 853. The molecule has 3 saturated carbocycles. The van der Waals surface area contributed by atoms with E-state index in [4.69, 9.17) is 0 Å². The van der Waals surface area contributed by atoms with E-state index in [1.165, 1.54) is 5.57 Å². The molecule has 0 aromatic heterocycles. The lowest BCUT2D eigenvalue weighted by atomic mass is 9.61. The second kappa shape index (κ2) is 9.38. The van der Waals surface area contributed by atoms with Gasteiger partial charge in [-0.15, -0.1) is 0 Å². The molecule has 7 heteroatoms. The summed E-state index contributed by atoms with van der Waals surface area (Å²) in [5.74, 6) is 1.14. The normalized spacial score (nSPS) is 43.0. The van der Waals surface area contributed by atoms with Crippen molar-refractivity contribution in [2.24, 2.45) is 23.2 Å². The van der Waals surface area contributed by atoms with Gasteiger partial charge in [0.15, 0.2) is 5.60 Å². The van der Waals surface area contributed by atoms with Gasteiger partial charge in [-0.1, -0.05) is 38.2 Å². The Morgan fingerprint density at radius 1 is 1.21 bits per heavy atom. The largest absolute Gasteiger partial charge is 0.418 e. The molecule has 7 atom stereocenters. The molecule has 4 aliphatic rings. The van der Waals surface area contributed by atoms with Crippen molar-refractivity contribution >= 4 is 0 Å². The molecule has 192 valence electrons. The van der Waals surface area contributed by atoms with Gasteiger partial charge in [-0.05, 0) is 79.3 Å². The van der Waals surface area contributed by atoms with Crippen molar-refractivity contribution in [3.05, 3.63) is 35.5 Å². The first-order valence-corrected chi connectivity index (χ1v) is 12.8. The number of fused-ring (bicyclic) bond motifs is 1. The number of likely N-dealkylation sites (tertiary alicyclic amines) is 1. The number of hydrogen-bond donors (Lipinski definition) is 3. The topological polar surface area (TPSA) is 63.9 Å². The number of aliphatic hydroxyl groups is 3. The van der Waals surface area contributed by atoms with Crippen molar-refractivity contribution in [1.29, 1.82) is 0 Å². The highest BCUT2D eigenvalue weighted by atomic mass is 19.4. The number of β-amino-alcohol motifs (C(OH)–C–C–N with tert-alkyl or cyclic N) is 1. The van der Waals surface area contributed by atoms with Crippen LogP contribution < -0.4 is 0 Å². The fourth-order valence-corrected chi connectivity index (χ4v) is 7.47. The first-order chi connectivity index (χ1) is 15.8. The van der Waals surface area contributed by atoms with Gasteiger partial charge in [-0.25, -0.2) is 0 Å². The predicted octanol–water partition coefficient (Wildman–Crippen LogP) is 4.76. The van der Waals surface area contributed by atoms with E-state index in [1.807, 2.05) is 6.08 Å². The van der Waals surface area contributed by atoms with Crippen LogP contribution in [0.15, 0.2) is 35.5 Å². The maximum atomic E-state index is 13.2. The molecule has 4 rings (SSSR count). The number of aliphatic hydroxyl groups excluding tert-OH is 2. The molecule has 34 heavy (non-hydrogen) atoms. The number of alkyl halides is 3. The Hall–Kier alpha value is -1.15. The summed E-state index contributed by atoms with van der Waals surface area (Å²) in [4.78, 5) is 1.80. The van der Waals surface area contributed by atoms with E-state index in [2.05, 4.69) is 26.5 Å². The molecule has 0 spiro atoms. The smallest absolute Gasteiger partial charge is 0.393 e. The number of rotatable bonds is 4. The maximum absolute atomic E-state index is 13.2. The van der Waals surface area contributed by atoms with Crippen LogP contribution in [0.3, 0.4) is 0 Å². The highest BCUT2D eigenvalue weighted by Crippen LogP contribution is 2.59. The third kappa shape index (κ3) is 4.78. The zero-order chi connectivity index (χ0) is 24.9. The van der Waals surface area contributed by atoms with Crippen molar-refractivity contribution in [2.45, 2.75) is 89.2 Å². The number of halogens is 3. The van der Waals surface area contributed by atoms with Crippen molar-refractivity contribution in [2.75, 3.05) is 19.6 Å². The molecule has 0 bridgehead atoms. The number of allylic oxidation sites excluding steroid dienone is 3. The van der Waals surface area contributed by atoms with Crippen LogP contribution in [0.5, 0.6) is 0 Å². The van der Waals surface area contributed by atoms with Gasteiger partial charge >= 0.3 is 6.18 Å². The van der Waals surface area contributed by atoms with E-state index in [1.54, 1.807) is 4.90 Å². The van der Waals surface area contributed by atoms with E-state index < -0.39 is 24.0 Å². The first kappa shape index (κ1) is 25.9. The third-order valence-electron chi connectivity index (χ3n) is 9.39. The quantitative estimate of drug-likeness (QED) is 0.539. The van der Waals surface area contributed by atoms with Crippen LogP contribution in [-0.4, -0.2) is 63.8 Å². The standard InChI is InChI=1S/C27H40F3NO3/c1-17(15-31-12-11-26(34,16-31)27(28,29)30)22-8-9-23-19(5-4-10-25(22,23)3)6-7-20-13-21(32)14-24(33)18(20)2/h6-7,17,21-24,32-34H,2,4-5,8-16H2,1,3H3/b19-6+,20-7-/t17-,21-,22-,23+,24+,25-,26?/m1/s1. The zero-order valence-electron chi connectivity index (χ0n) is 20.4. The molecule has 4 fully saturated rings. The third-order valence-corrected chi connectivity index (χ3v) is 9.39. The second-order valence-corrected chi connectivity index (χ2v) is 11.7. The Morgan fingerprint density at radius 2 is 1.94 bits per heavy atom. The lowest BCUT2D eigenvalue weighted by Crippen LogP contribution is -2.48. The lowest BCUT2D eigenvalue weighted by Gasteiger charge is -2.45. The van der Waals surface area contributed by atoms with Crippen molar-refractivity contribution in [3.63, 3.8) is 0 Å². The maximum Gasteiger partial charge on any atom is 0.418 e. The summed E-state index contributed by atoms with van der Waals surface area (Å²) in [5, 5.41) is 30.2. The molecule has 3 N–H and O–H groups in total. The molecule has 0 radical (unpaired) electrons. The molecular weight excluding hydrogens is 443 g/mol. The van der Waals surface area contributed by atoms with E-state index in [-0.39, 0.29) is 30.8 Å². The lowest BCUT2D eigenvalue weighted by molar-refractivity contribution is -0.254. The summed E-state index contributed by atoms with van der Waals surface area (Å²) >= 11 is 0. The summed E-state index contributed by atoms with van der Waals surface area (Å²) < 4.78 is 39.7. The van der Waals surface area contributed by atoms with E-state index in [0.29, 0.717) is 36.8 Å². The molecule has 1 aliphatic heterocycles. The molecule has 1 saturated heterocycles. The van der Waals surface area contributed by atoms with Gasteiger partial charge in [-0.2, -0.15) is 13.2 Å². The van der Waals surface area contributed by atoms with Gasteiger partial charge in [0.05, 0.1) is 12.2 Å². The molecule has 0 amide bonds. The molecule has 4 nitrogen and oxygen atoms in total. The van der Waals surface area contributed by atoms with Gasteiger partial charge < -0.3 is 15.3 Å². The molecule has 3 aliphatic carbocycles. The molecule has 1 unspecified atom stereocenters. The van der Waals surface area contributed by atoms with Gasteiger partial charge in [0.1, 0.15) is 0 Å². The zero-order valence-corrected chi connectivity index (χ0v) is 20.4. The fraction of sp³-hybridized carbons (Fsp3) is 0.778. The van der Waals surface area contributed by atoms with E-state index in [0.717, 1.165) is 37.7 Å². The van der Waals surface area contributed by atoms with Crippen LogP contribution in [0.4, 0.5) is 13.2 Å². The SMILES string of the molecule is C=C1/C(=C\C=C2/CCC[C@]3(C)[C@@H]([C@H](C)CN4CCC(O)(C(F)(F)F)C4)CC[C@@H]23)C[C@@H](O)C[C@@H]1O. The molecule has 1 heterocycles. The van der Waals surface area contributed by atoms with E-state index in [9.17, 15) is 28.5 Å². The van der Waals surface area contributed by atoms with Crippen molar-refractivity contribution < 1.29 is 28.5 Å². The van der Waals surface area contributed by atoms with Gasteiger partial charge in [-0.3, -0.25) is 4.90 Å². The Balaban J connectivity index is 1.45. The summed E-state index contributed by atoms with van der Waals surface area (Å²) in [6.07, 6.45) is 4.41. The minimum Gasteiger partial charge on any atom is -0.393 e. The van der Waals surface area contributed by atoms with Crippen LogP contribution in [0, 0.1) is 23.2 Å². The monoisotopic (exact) mass is 483 g/mol. The molecule has 0 aromatic carbocycles. The van der Waals surface area contributed by atoms with Crippen LogP contribution in [-0.2, 0) is 0 Å². The minimum atomic E-state index is -4.58. The second-order valence-electron chi connectivity index (χ2n) is 11.7. The highest BCUT2D eigenvalue weighted by molar-refractivity contribution is 5.38. The Morgan fingerprint density at radius 3 is 2.62 bits per heavy atom. The predicted molar refractivity (Wildman–Crippen MR) is 126 cm³/mol. The van der Waals surface area contributed by atoms with Crippen LogP contribution in [0.1, 0.15) is 65.2 Å². The highest BCUT2D eigenvalue weighted by Gasteiger charge is 2.57. The van der Waals surface area contributed by atoms with Crippen LogP contribution >= 0.6 is 0 Å². The molecular formula is C27H40F3NO3. The van der Waals surface area contributed by atoms with Crippen LogP contribution in [0.2, 0.25) is 0 Å². The average molecular weight is 484 g/mol. The summed E-state index contributed by atoms with van der Waals surface area (Å²) in [6.45, 7) is 9.08. The number of hydrogen-bond acceptors (Lipinski definition) is 4. The minimum absolute atomic E-state index is 0.116. The Labute approximate surface area is 201 Å². The summed E-state index contributed by atoms with van der Waals surface area (Å²) in [5.41, 5.74) is 0.562. The first-order valence-electron chi connectivity index (χ1n) is 12.8. The summed E-state index contributed by atoms with van der Waals surface area (Å²) in [6, 6.07) is 0. The fourth-order valence-electron chi connectivity index (χ4n) is 7.47. The van der Waals surface area contributed by atoms with Crippen molar-refractivity contribution in [3.8, 4) is 0 Å². The van der Waals surface area contributed by atoms with Gasteiger partial charge in [0.2, 0.25) is 0 Å². The molecule has 0 aromatic rings. The Kier molecular flexibility index (Phi) is 7.15. The van der Waals surface area contributed by atoms with Crippen LogP contribution in [0.25, 0.3) is 0 Å². The number of nitrogens with zero attached hydrogens (tertiary/aromatic N) is 1. The average Bonchev–Trinajstić information content (AvgIpc) is 3.30. The van der Waals surface area contributed by atoms with Gasteiger partial charge in [0, 0.05) is 26.1 Å². The van der Waals surface area contributed by atoms with Gasteiger partial charge in [0.25, 0.3) is 0 Å². The van der Waals surface area contributed by atoms with Crippen molar-refractivity contribution in [1.82, 2.24) is 4.90 Å².